The number of carboxylic acids is 1. The molecule has 11 nitrogen and oxygen atoms in total. The second-order valence-electron chi connectivity index (χ2n) is 9.44. The Labute approximate surface area is 219 Å². The van der Waals surface area contributed by atoms with Crippen molar-refractivity contribution in [3.8, 4) is 5.75 Å². The summed E-state index contributed by atoms with van der Waals surface area (Å²) in [5, 5.41) is 27.1. The van der Waals surface area contributed by atoms with Crippen LogP contribution in [0.15, 0.2) is 54.7 Å². The molecule has 3 aromatic rings. The van der Waals surface area contributed by atoms with Crippen molar-refractivity contribution >= 4 is 34.6 Å². The Bertz CT molecular complexity index is 1290. The van der Waals surface area contributed by atoms with E-state index in [1.54, 1.807) is 32.2 Å². The zero-order chi connectivity index (χ0) is 27.8. The first-order valence-corrected chi connectivity index (χ1v) is 12.2. The molecule has 3 atom stereocenters. The molecule has 38 heavy (non-hydrogen) atoms. The Morgan fingerprint density at radius 3 is 2.18 bits per heavy atom. The summed E-state index contributed by atoms with van der Waals surface area (Å²) in [6, 6.07) is 10.5. The van der Waals surface area contributed by atoms with Gasteiger partial charge in [0.25, 0.3) is 0 Å². The highest BCUT2D eigenvalue weighted by molar-refractivity contribution is 5.94. The van der Waals surface area contributed by atoms with Gasteiger partial charge >= 0.3 is 5.97 Å². The molecular weight excluding hydrogens is 490 g/mol. The van der Waals surface area contributed by atoms with Crippen LogP contribution in [0.3, 0.4) is 0 Å². The molecule has 1 aromatic heterocycles. The van der Waals surface area contributed by atoms with Crippen LogP contribution >= 0.6 is 0 Å². The van der Waals surface area contributed by atoms with Crippen LogP contribution in [-0.4, -0.2) is 63.6 Å². The summed E-state index contributed by atoms with van der Waals surface area (Å²) in [5.74, 6) is -3.21. The summed E-state index contributed by atoms with van der Waals surface area (Å²) in [6.45, 7) is 2.96. The Morgan fingerprint density at radius 1 is 0.895 bits per heavy atom. The van der Waals surface area contributed by atoms with Crippen LogP contribution in [0.25, 0.3) is 10.9 Å². The van der Waals surface area contributed by atoms with Crippen molar-refractivity contribution < 1.29 is 29.4 Å². The quantitative estimate of drug-likeness (QED) is 0.183. The van der Waals surface area contributed by atoms with E-state index in [0.717, 1.165) is 16.5 Å². The van der Waals surface area contributed by atoms with E-state index in [0.29, 0.717) is 5.56 Å². The number of phenolic OH excluding ortho intramolecular Hbond substituents is 1. The van der Waals surface area contributed by atoms with Crippen molar-refractivity contribution in [2.75, 3.05) is 6.54 Å². The van der Waals surface area contributed by atoms with Gasteiger partial charge in [-0.1, -0.05) is 44.2 Å². The lowest BCUT2D eigenvalue weighted by molar-refractivity contribution is -0.138. The van der Waals surface area contributed by atoms with E-state index in [2.05, 4.69) is 20.9 Å². The molecule has 3 amide bonds. The van der Waals surface area contributed by atoms with E-state index in [1.807, 2.05) is 24.3 Å². The molecule has 0 spiro atoms. The number of aromatic amines is 1. The van der Waals surface area contributed by atoms with Crippen LogP contribution in [0, 0.1) is 5.92 Å². The molecule has 2 aromatic carbocycles. The van der Waals surface area contributed by atoms with Crippen LogP contribution < -0.4 is 21.7 Å². The van der Waals surface area contributed by atoms with Crippen LogP contribution in [0.2, 0.25) is 0 Å². The largest absolute Gasteiger partial charge is 0.508 e. The van der Waals surface area contributed by atoms with Crippen molar-refractivity contribution in [3.63, 3.8) is 0 Å². The number of para-hydroxylation sites is 1. The van der Waals surface area contributed by atoms with E-state index in [9.17, 15) is 24.3 Å². The number of aromatic hydroxyl groups is 1. The van der Waals surface area contributed by atoms with E-state index in [-0.39, 0.29) is 24.5 Å². The minimum atomic E-state index is -1.24. The van der Waals surface area contributed by atoms with Gasteiger partial charge in [0.15, 0.2) is 0 Å². The molecular formula is C27H33N5O6. The standard InChI is InChI=1S/C27H33N5O6/c1-15(2)24(28)27(38)32-22(12-17-13-29-20-6-4-3-5-19(17)20)26(37)31-21(25(36)30-14-23(34)35)11-16-7-9-18(33)10-8-16/h3-10,13,15,21-22,24,29,33H,11-12,14,28H2,1-2H3,(H,30,36)(H,31,37)(H,32,38)(H,34,35). The highest BCUT2D eigenvalue weighted by Crippen LogP contribution is 2.19. The number of hydrogen-bond donors (Lipinski definition) is 7. The molecule has 0 aliphatic carbocycles. The maximum atomic E-state index is 13.5. The molecule has 0 saturated carbocycles. The van der Waals surface area contributed by atoms with Gasteiger partial charge in [-0.2, -0.15) is 0 Å². The van der Waals surface area contributed by atoms with Crippen molar-refractivity contribution in [1.82, 2.24) is 20.9 Å². The zero-order valence-corrected chi connectivity index (χ0v) is 21.2. The molecule has 1 heterocycles. The number of aromatic nitrogens is 1. The van der Waals surface area contributed by atoms with Gasteiger partial charge in [-0.15, -0.1) is 0 Å². The lowest BCUT2D eigenvalue weighted by Gasteiger charge is -2.25. The Kier molecular flexibility index (Phi) is 9.44. The summed E-state index contributed by atoms with van der Waals surface area (Å²) in [6.07, 6.45) is 1.90. The number of nitrogens with one attached hydrogen (secondary N) is 4. The predicted octanol–water partition coefficient (Wildman–Crippen LogP) is 0.812. The first-order chi connectivity index (χ1) is 18.0. The lowest BCUT2D eigenvalue weighted by atomic mass is 10.00. The van der Waals surface area contributed by atoms with Gasteiger partial charge in [0.05, 0.1) is 6.04 Å². The minimum Gasteiger partial charge on any atom is -0.508 e. The number of aliphatic carboxylic acids is 1. The first-order valence-electron chi connectivity index (χ1n) is 12.2. The third-order valence-corrected chi connectivity index (χ3v) is 6.18. The number of nitrogens with two attached hydrogens (primary N) is 1. The number of amides is 3. The van der Waals surface area contributed by atoms with E-state index in [1.165, 1.54) is 12.1 Å². The van der Waals surface area contributed by atoms with E-state index in [4.69, 9.17) is 10.8 Å². The molecule has 0 saturated heterocycles. The van der Waals surface area contributed by atoms with Crippen LogP contribution in [0.1, 0.15) is 25.0 Å². The van der Waals surface area contributed by atoms with Crippen molar-refractivity contribution in [3.05, 3.63) is 65.9 Å². The number of benzene rings is 2. The Balaban J connectivity index is 1.86. The average Bonchev–Trinajstić information content (AvgIpc) is 3.29. The Hall–Kier alpha value is -4.38. The van der Waals surface area contributed by atoms with E-state index < -0.39 is 48.4 Å². The smallest absolute Gasteiger partial charge is 0.322 e. The summed E-state index contributed by atoms with van der Waals surface area (Å²) in [5.41, 5.74) is 8.28. The SMILES string of the molecule is CC(C)C(N)C(=O)NC(Cc1c[nH]c2ccccc12)C(=O)NC(Cc1ccc(O)cc1)C(=O)NCC(=O)O. The molecule has 0 aliphatic heterocycles. The van der Waals surface area contributed by atoms with Gasteiger partial charge in [-0.3, -0.25) is 19.2 Å². The summed E-state index contributed by atoms with van der Waals surface area (Å²) in [4.78, 5) is 53.3. The van der Waals surface area contributed by atoms with Crippen LogP contribution in [0.5, 0.6) is 5.75 Å². The fourth-order valence-corrected chi connectivity index (χ4v) is 3.94. The minimum absolute atomic E-state index is 0.0245. The van der Waals surface area contributed by atoms with Gasteiger partial charge in [0.1, 0.15) is 24.4 Å². The topological polar surface area (TPSA) is 187 Å². The highest BCUT2D eigenvalue weighted by Gasteiger charge is 2.30. The number of carbonyl (C=O) groups excluding carboxylic acids is 3. The number of hydrogen-bond acceptors (Lipinski definition) is 6. The lowest BCUT2D eigenvalue weighted by Crippen LogP contribution is -2.57. The summed E-state index contributed by atoms with van der Waals surface area (Å²) >= 11 is 0. The molecule has 0 aliphatic rings. The fraction of sp³-hybridized carbons (Fsp3) is 0.333. The maximum Gasteiger partial charge on any atom is 0.322 e. The van der Waals surface area contributed by atoms with Crippen LogP contribution in [-0.2, 0) is 32.0 Å². The van der Waals surface area contributed by atoms with Crippen molar-refractivity contribution in [2.24, 2.45) is 11.7 Å². The van der Waals surface area contributed by atoms with Gasteiger partial charge in [-0.05, 0) is 35.2 Å². The number of carboxylic acid groups (broad SMARTS) is 1. The van der Waals surface area contributed by atoms with Crippen LogP contribution in [0.4, 0.5) is 0 Å². The number of H-pyrrole nitrogens is 1. The third kappa shape index (κ3) is 7.56. The average molecular weight is 524 g/mol. The van der Waals surface area contributed by atoms with Gasteiger partial charge in [0.2, 0.25) is 17.7 Å². The molecule has 0 radical (unpaired) electrons. The predicted molar refractivity (Wildman–Crippen MR) is 141 cm³/mol. The van der Waals surface area contributed by atoms with Crippen molar-refractivity contribution in [2.45, 2.75) is 44.8 Å². The Morgan fingerprint density at radius 2 is 1.53 bits per heavy atom. The molecule has 202 valence electrons. The normalized spacial score (nSPS) is 13.5. The molecule has 3 unspecified atom stereocenters. The highest BCUT2D eigenvalue weighted by atomic mass is 16.4. The van der Waals surface area contributed by atoms with Gasteiger partial charge in [0, 0.05) is 29.9 Å². The summed E-state index contributed by atoms with van der Waals surface area (Å²) in [7, 11) is 0. The number of fused-ring (bicyclic) bond motifs is 1. The second-order valence-corrected chi connectivity index (χ2v) is 9.44. The molecule has 3 rings (SSSR count). The number of carbonyl (C=O) groups is 4. The fourth-order valence-electron chi connectivity index (χ4n) is 3.94. The van der Waals surface area contributed by atoms with Gasteiger partial charge < -0.3 is 36.9 Å². The molecule has 0 bridgehead atoms. The summed E-state index contributed by atoms with van der Waals surface area (Å²) < 4.78 is 0. The molecule has 11 heteroatoms. The second kappa shape index (κ2) is 12.7. The maximum absolute atomic E-state index is 13.5. The number of rotatable bonds is 12. The zero-order valence-electron chi connectivity index (χ0n) is 21.2. The molecule has 8 N–H and O–H groups in total. The van der Waals surface area contributed by atoms with Gasteiger partial charge in [-0.25, -0.2) is 0 Å². The van der Waals surface area contributed by atoms with Crippen molar-refractivity contribution in [1.29, 1.82) is 0 Å². The number of phenols is 1. The third-order valence-electron chi connectivity index (χ3n) is 6.18. The van der Waals surface area contributed by atoms with E-state index >= 15 is 0 Å². The molecule has 0 fully saturated rings. The first kappa shape index (κ1) is 28.2. The monoisotopic (exact) mass is 523 g/mol.